The standard InChI is InChI=1S/C4H7BrOS2/c1-4(7,8)3(6)2-5/h7-8H,2H2,1H3. The minimum atomic E-state index is -0.788. The number of ketones is 1. The van der Waals surface area contributed by atoms with Gasteiger partial charge in [0.15, 0.2) is 5.78 Å². The number of carbonyl (C=O) groups is 1. The molecule has 0 aromatic rings. The van der Waals surface area contributed by atoms with Crippen LogP contribution in [0.1, 0.15) is 6.92 Å². The van der Waals surface area contributed by atoms with Crippen molar-refractivity contribution in [1.82, 2.24) is 0 Å². The minimum Gasteiger partial charge on any atom is -0.296 e. The van der Waals surface area contributed by atoms with Gasteiger partial charge in [-0.2, -0.15) is 25.3 Å². The molecule has 0 aromatic carbocycles. The highest BCUT2D eigenvalue weighted by Crippen LogP contribution is 2.19. The Kier molecular flexibility index (Phi) is 3.46. The first-order valence-electron chi connectivity index (χ1n) is 2.02. The van der Waals surface area contributed by atoms with E-state index >= 15 is 0 Å². The second kappa shape index (κ2) is 3.13. The molecular formula is C4H7BrOS2. The van der Waals surface area contributed by atoms with Crippen LogP contribution in [-0.2, 0) is 4.79 Å². The molecule has 0 aliphatic carbocycles. The van der Waals surface area contributed by atoms with Crippen molar-refractivity contribution in [3.8, 4) is 0 Å². The number of Topliss-reactive ketones (excluding diaryl/α,β-unsaturated/α-hetero) is 1. The number of alkyl halides is 1. The molecule has 0 saturated heterocycles. The monoisotopic (exact) mass is 214 g/mol. The smallest absolute Gasteiger partial charge is 0.168 e. The highest BCUT2D eigenvalue weighted by atomic mass is 79.9. The quantitative estimate of drug-likeness (QED) is 0.406. The van der Waals surface area contributed by atoms with Crippen LogP contribution in [-0.4, -0.2) is 15.2 Å². The molecule has 0 aliphatic rings. The van der Waals surface area contributed by atoms with E-state index in [-0.39, 0.29) is 5.78 Å². The lowest BCUT2D eigenvalue weighted by Gasteiger charge is -2.11. The predicted molar refractivity (Wildman–Crippen MR) is 45.2 cm³/mol. The topological polar surface area (TPSA) is 17.1 Å². The maximum atomic E-state index is 10.6. The Morgan fingerprint density at radius 1 is 1.75 bits per heavy atom. The molecule has 0 aliphatic heterocycles. The van der Waals surface area contributed by atoms with Crippen LogP contribution in [0.5, 0.6) is 0 Å². The molecule has 0 rings (SSSR count). The third-order valence-electron chi connectivity index (χ3n) is 0.650. The number of carbonyl (C=O) groups excluding carboxylic acids is 1. The van der Waals surface area contributed by atoms with Crippen molar-refractivity contribution in [3.63, 3.8) is 0 Å². The van der Waals surface area contributed by atoms with Crippen molar-refractivity contribution in [3.05, 3.63) is 0 Å². The zero-order valence-corrected chi connectivity index (χ0v) is 7.76. The third-order valence-corrected chi connectivity index (χ3v) is 1.66. The summed E-state index contributed by atoms with van der Waals surface area (Å²) < 4.78 is -0.788. The van der Waals surface area contributed by atoms with Crippen LogP contribution in [0.4, 0.5) is 0 Å². The van der Waals surface area contributed by atoms with Gasteiger partial charge in [0, 0.05) is 0 Å². The van der Waals surface area contributed by atoms with E-state index in [9.17, 15) is 4.79 Å². The molecule has 0 saturated carbocycles. The molecule has 48 valence electrons. The fourth-order valence-electron chi connectivity index (χ4n) is 0.127. The molecule has 4 heteroatoms. The summed E-state index contributed by atoms with van der Waals surface area (Å²) in [6.07, 6.45) is 0. The van der Waals surface area contributed by atoms with Gasteiger partial charge in [0.2, 0.25) is 0 Å². The van der Waals surface area contributed by atoms with E-state index < -0.39 is 4.08 Å². The Hall–Kier alpha value is 0.850. The molecule has 0 spiro atoms. The second-order valence-electron chi connectivity index (χ2n) is 1.58. The van der Waals surface area contributed by atoms with Gasteiger partial charge in [-0.15, -0.1) is 0 Å². The summed E-state index contributed by atoms with van der Waals surface area (Å²) in [5.41, 5.74) is 0. The van der Waals surface area contributed by atoms with Crippen molar-refractivity contribution >= 4 is 47.0 Å². The number of hydrogen-bond donors (Lipinski definition) is 2. The van der Waals surface area contributed by atoms with Crippen molar-refractivity contribution in [2.75, 3.05) is 5.33 Å². The molecule has 0 fully saturated rings. The first kappa shape index (κ1) is 8.85. The molecule has 0 N–H and O–H groups in total. The minimum absolute atomic E-state index is 0.0239. The lowest BCUT2D eigenvalue weighted by atomic mass is 10.3. The van der Waals surface area contributed by atoms with Crippen LogP contribution in [0.2, 0.25) is 0 Å². The highest BCUT2D eigenvalue weighted by molar-refractivity contribution is 9.09. The summed E-state index contributed by atoms with van der Waals surface area (Å²) >= 11 is 10.8. The summed E-state index contributed by atoms with van der Waals surface area (Å²) in [5, 5.41) is 0.316. The maximum absolute atomic E-state index is 10.6. The number of halogens is 1. The molecule has 0 heterocycles. The van der Waals surface area contributed by atoms with Crippen molar-refractivity contribution < 1.29 is 4.79 Å². The van der Waals surface area contributed by atoms with Gasteiger partial charge >= 0.3 is 0 Å². The van der Waals surface area contributed by atoms with Gasteiger partial charge < -0.3 is 0 Å². The van der Waals surface area contributed by atoms with E-state index in [1.165, 1.54) is 0 Å². The summed E-state index contributed by atoms with van der Waals surface area (Å²) in [6.45, 7) is 1.64. The predicted octanol–water partition coefficient (Wildman–Crippen LogP) is 1.53. The maximum Gasteiger partial charge on any atom is 0.168 e. The van der Waals surface area contributed by atoms with Gasteiger partial charge in [0.1, 0.15) is 4.08 Å². The first-order chi connectivity index (χ1) is 3.48. The zero-order valence-electron chi connectivity index (χ0n) is 4.39. The lowest BCUT2D eigenvalue weighted by molar-refractivity contribution is -0.116. The Morgan fingerprint density at radius 2 is 2.12 bits per heavy atom. The van der Waals surface area contributed by atoms with Gasteiger partial charge in [-0.1, -0.05) is 15.9 Å². The number of hydrogen-bond acceptors (Lipinski definition) is 3. The van der Waals surface area contributed by atoms with Gasteiger partial charge in [-0.3, -0.25) is 4.79 Å². The van der Waals surface area contributed by atoms with Crippen LogP contribution < -0.4 is 0 Å². The molecule has 0 radical (unpaired) electrons. The lowest BCUT2D eigenvalue weighted by Crippen LogP contribution is -2.22. The second-order valence-corrected chi connectivity index (χ2v) is 4.28. The van der Waals surface area contributed by atoms with E-state index in [0.717, 1.165) is 0 Å². The van der Waals surface area contributed by atoms with Crippen molar-refractivity contribution in [1.29, 1.82) is 0 Å². The Bertz CT molecular complexity index is 96.7. The van der Waals surface area contributed by atoms with Crippen LogP contribution in [0.15, 0.2) is 0 Å². The summed E-state index contributed by atoms with van der Waals surface area (Å²) in [4.78, 5) is 10.6. The molecular weight excluding hydrogens is 208 g/mol. The fraction of sp³-hybridized carbons (Fsp3) is 0.750. The van der Waals surface area contributed by atoms with Crippen LogP contribution >= 0.6 is 41.2 Å². The van der Waals surface area contributed by atoms with Gasteiger partial charge in [0.05, 0.1) is 5.33 Å². The van der Waals surface area contributed by atoms with Crippen LogP contribution in [0, 0.1) is 0 Å². The van der Waals surface area contributed by atoms with E-state index in [4.69, 9.17) is 0 Å². The molecule has 8 heavy (non-hydrogen) atoms. The Morgan fingerprint density at radius 3 is 2.12 bits per heavy atom. The third kappa shape index (κ3) is 2.99. The summed E-state index contributed by atoms with van der Waals surface area (Å²) in [5.74, 6) is -0.0239. The van der Waals surface area contributed by atoms with E-state index in [2.05, 4.69) is 41.2 Å². The zero-order chi connectivity index (χ0) is 6.78. The van der Waals surface area contributed by atoms with E-state index in [0.29, 0.717) is 5.33 Å². The molecule has 0 atom stereocenters. The highest BCUT2D eigenvalue weighted by Gasteiger charge is 2.21. The van der Waals surface area contributed by atoms with Gasteiger partial charge in [-0.05, 0) is 6.92 Å². The number of rotatable bonds is 2. The SMILES string of the molecule is CC(S)(S)C(=O)CBr. The molecule has 0 amide bonds. The molecule has 0 bridgehead atoms. The summed E-state index contributed by atoms with van der Waals surface area (Å²) in [6, 6.07) is 0. The van der Waals surface area contributed by atoms with Gasteiger partial charge in [0.25, 0.3) is 0 Å². The molecule has 0 aromatic heterocycles. The fourth-order valence-corrected chi connectivity index (χ4v) is 1.28. The van der Waals surface area contributed by atoms with Crippen molar-refractivity contribution in [2.24, 2.45) is 0 Å². The normalized spacial score (nSPS) is 11.5. The van der Waals surface area contributed by atoms with Crippen LogP contribution in [0.3, 0.4) is 0 Å². The van der Waals surface area contributed by atoms with E-state index in [1.54, 1.807) is 6.92 Å². The molecule has 0 unspecified atom stereocenters. The van der Waals surface area contributed by atoms with Gasteiger partial charge in [-0.25, -0.2) is 0 Å². The largest absolute Gasteiger partial charge is 0.296 e. The average Bonchev–Trinajstić information content (AvgIpc) is 1.62. The van der Waals surface area contributed by atoms with E-state index in [1.807, 2.05) is 0 Å². The van der Waals surface area contributed by atoms with Crippen LogP contribution in [0.25, 0.3) is 0 Å². The number of thiol groups is 2. The average molecular weight is 215 g/mol. The first-order valence-corrected chi connectivity index (χ1v) is 4.04. The van der Waals surface area contributed by atoms with Crippen molar-refractivity contribution in [2.45, 2.75) is 11.0 Å². The molecule has 1 nitrogen and oxygen atoms in total. The Balaban J connectivity index is 3.82. The Labute approximate surface area is 68.2 Å². The summed E-state index contributed by atoms with van der Waals surface area (Å²) in [7, 11) is 0.